The number of amides is 1. The second kappa shape index (κ2) is 9.56. The highest BCUT2D eigenvalue weighted by molar-refractivity contribution is 5.95. The largest absolute Gasteiger partial charge is 0.493 e. The number of ether oxygens (including phenoxy) is 5. The average Bonchev–Trinajstić information content (AvgIpc) is 2.70. The van der Waals surface area contributed by atoms with Gasteiger partial charge in [0.15, 0.2) is 23.0 Å². The molecule has 0 aromatic heterocycles. The standard InChI is InChI=1S/C20H25NO6/c1-13-6-7-15(16(10-13)23-2)27-9-8-21-20(22)14-11-17(24-3)19(26-5)18(12-14)25-4/h6-7,10-12H,8-9H2,1-5H3,(H,21,22). The maximum absolute atomic E-state index is 12.4. The zero-order valence-electron chi connectivity index (χ0n) is 16.3. The Labute approximate surface area is 159 Å². The Hall–Kier alpha value is -3.09. The van der Waals surface area contributed by atoms with Crippen LogP contribution >= 0.6 is 0 Å². The van der Waals surface area contributed by atoms with Crippen LogP contribution in [0.2, 0.25) is 0 Å². The van der Waals surface area contributed by atoms with E-state index < -0.39 is 0 Å². The first kappa shape index (κ1) is 20.2. The Morgan fingerprint density at radius 1 is 0.852 bits per heavy atom. The zero-order valence-corrected chi connectivity index (χ0v) is 16.3. The Morgan fingerprint density at radius 2 is 1.48 bits per heavy atom. The highest BCUT2D eigenvalue weighted by Gasteiger charge is 2.16. The monoisotopic (exact) mass is 375 g/mol. The van der Waals surface area contributed by atoms with Crippen LogP contribution in [-0.2, 0) is 0 Å². The summed E-state index contributed by atoms with van der Waals surface area (Å²) in [4.78, 5) is 12.4. The van der Waals surface area contributed by atoms with Gasteiger partial charge in [-0.3, -0.25) is 4.79 Å². The van der Waals surface area contributed by atoms with Gasteiger partial charge in [-0.25, -0.2) is 0 Å². The molecule has 0 heterocycles. The van der Waals surface area contributed by atoms with E-state index in [9.17, 15) is 4.79 Å². The van der Waals surface area contributed by atoms with Gasteiger partial charge in [0.25, 0.3) is 5.91 Å². The van der Waals surface area contributed by atoms with Crippen molar-refractivity contribution < 1.29 is 28.5 Å². The van der Waals surface area contributed by atoms with E-state index in [1.165, 1.54) is 21.3 Å². The number of hydrogen-bond acceptors (Lipinski definition) is 6. The fourth-order valence-corrected chi connectivity index (χ4v) is 2.53. The summed E-state index contributed by atoms with van der Waals surface area (Å²) in [6, 6.07) is 8.87. The van der Waals surface area contributed by atoms with Gasteiger partial charge < -0.3 is 29.0 Å². The van der Waals surface area contributed by atoms with Crippen molar-refractivity contribution in [2.24, 2.45) is 0 Å². The first-order valence-electron chi connectivity index (χ1n) is 8.39. The zero-order chi connectivity index (χ0) is 19.8. The van der Waals surface area contributed by atoms with Crippen molar-refractivity contribution in [1.82, 2.24) is 5.32 Å². The molecule has 0 spiro atoms. The summed E-state index contributed by atoms with van der Waals surface area (Å²) in [5.74, 6) is 2.29. The molecule has 0 atom stereocenters. The van der Waals surface area contributed by atoms with Gasteiger partial charge >= 0.3 is 0 Å². The van der Waals surface area contributed by atoms with Crippen molar-refractivity contribution >= 4 is 5.91 Å². The lowest BCUT2D eigenvalue weighted by atomic mass is 10.1. The van der Waals surface area contributed by atoms with Gasteiger partial charge in [-0.2, -0.15) is 0 Å². The van der Waals surface area contributed by atoms with Crippen LogP contribution in [-0.4, -0.2) is 47.5 Å². The fraction of sp³-hybridized carbons (Fsp3) is 0.350. The minimum atomic E-state index is -0.270. The summed E-state index contributed by atoms with van der Waals surface area (Å²) in [7, 11) is 6.11. The molecule has 7 nitrogen and oxygen atoms in total. The van der Waals surface area contributed by atoms with Gasteiger partial charge in [0.1, 0.15) is 6.61 Å². The van der Waals surface area contributed by atoms with E-state index in [0.717, 1.165) is 5.56 Å². The SMILES string of the molecule is COc1cc(C)ccc1OCCNC(=O)c1cc(OC)c(OC)c(OC)c1. The van der Waals surface area contributed by atoms with E-state index in [2.05, 4.69) is 5.32 Å². The molecule has 2 aromatic rings. The van der Waals surface area contributed by atoms with Crippen molar-refractivity contribution in [3.05, 3.63) is 41.5 Å². The Bertz CT molecular complexity index is 765. The maximum Gasteiger partial charge on any atom is 0.251 e. The van der Waals surface area contributed by atoms with E-state index in [1.807, 2.05) is 25.1 Å². The average molecular weight is 375 g/mol. The number of carbonyl (C=O) groups is 1. The number of rotatable bonds is 9. The van der Waals surface area contributed by atoms with Gasteiger partial charge in [0.05, 0.1) is 35.0 Å². The third-order valence-corrected chi connectivity index (χ3v) is 3.89. The lowest BCUT2D eigenvalue weighted by Crippen LogP contribution is -2.28. The topological polar surface area (TPSA) is 75.3 Å². The van der Waals surface area contributed by atoms with Crippen LogP contribution in [0.15, 0.2) is 30.3 Å². The number of hydrogen-bond donors (Lipinski definition) is 1. The molecule has 0 bridgehead atoms. The van der Waals surface area contributed by atoms with E-state index in [0.29, 0.717) is 47.5 Å². The molecule has 0 radical (unpaired) electrons. The van der Waals surface area contributed by atoms with Crippen molar-refractivity contribution in [2.75, 3.05) is 41.6 Å². The van der Waals surface area contributed by atoms with Crippen LogP contribution in [0.5, 0.6) is 28.7 Å². The molecule has 0 saturated carbocycles. The molecule has 1 N–H and O–H groups in total. The minimum absolute atomic E-state index is 0.270. The number of nitrogens with one attached hydrogen (secondary N) is 1. The van der Waals surface area contributed by atoms with Gasteiger partial charge in [-0.1, -0.05) is 6.07 Å². The van der Waals surface area contributed by atoms with Gasteiger partial charge in [-0.15, -0.1) is 0 Å². The van der Waals surface area contributed by atoms with Crippen LogP contribution in [0.4, 0.5) is 0 Å². The highest BCUT2D eigenvalue weighted by Crippen LogP contribution is 2.38. The van der Waals surface area contributed by atoms with E-state index in [4.69, 9.17) is 23.7 Å². The summed E-state index contributed by atoms with van der Waals surface area (Å²) in [5.41, 5.74) is 1.48. The highest BCUT2D eigenvalue weighted by atomic mass is 16.5. The van der Waals surface area contributed by atoms with Gasteiger partial charge in [-0.05, 0) is 36.8 Å². The van der Waals surface area contributed by atoms with E-state index >= 15 is 0 Å². The summed E-state index contributed by atoms with van der Waals surface area (Å²) in [6.07, 6.45) is 0. The van der Waals surface area contributed by atoms with Crippen LogP contribution < -0.4 is 29.0 Å². The molecule has 0 saturated heterocycles. The maximum atomic E-state index is 12.4. The lowest BCUT2D eigenvalue weighted by molar-refractivity contribution is 0.0946. The van der Waals surface area contributed by atoms with E-state index in [-0.39, 0.29) is 5.91 Å². The van der Waals surface area contributed by atoms with Crippen LogP contribution in [0.1, 0.15) is 15.9 Å². The summed E-state index contributed by atoms with van der Waals surface area (Å²) >= 11 is 0. The Balaban J connectivity index is 1.98. The van der Waals surface area contributed by atoms with Crippen LogP contribution in [0.25, 0.3) is 0 Å². The first-order valence-corrected chi connectivity index (χ1v) is 8.39. The molecule has 2 rings (SSSR count). The summed E-state index contributed by atoms with van der Waals surface area (Å²) < 4.78 is 26.8. The van der Waals surface area contributed by atoms with Crippen LogP contribution in [0, 0.1) is 6.92 Å². The molecule has 0 fully saturated rings. The first-order chi connectivity index (χ1) is 13.0. The molecule has 1 amide bonds. The third-order valence-electron chi connectivity index (χ3n) is 3.89. The predicted octanol–water partition coefficient (Wildman–Crippen LogP) is 2.84. The predicted molar refractivity (Wildman–Crippen MR) is 102 cm³/mol. The number of methoxy groups -OCH3 is 4. The molecule has 146 valence electrons. The number of benzene rings is 2. The van der Waals surface area contributed by atoms with Crippen molar-refractivity contribution in [1.29, 1.82) is 0 Å². The van der Waals surface area contributed by atoms with E-state index in [1.54, 1.807) is 19.2 Å². The lowest BCUT2D eigenvalue weighted by Gasteiger charge is -2.14. The Kier molecular flexibility index (Phi) is 7.16. The smallest absolute Gasteiger partial charge is 0.251 e. The molecular weight excluding hydrogens is 350 g/mol. The quantitative estimate of drug-likeness (QED) is 0.680. The summed E-state index contributed by atoms with van der Waals surface area (Å²) in [6.45, 7) is 2.60. The minimum Gasteiger partial charge on any atom is -0.493 e. The molecule has 0 aliphatic heterocycles. The van der Waals surface area contributed by atoms with Gasteiger partial charge in [0.2, 0.25) is 5.75 Å². The molecule has 0 unspecified atom stereocenters. The number of aryl methyl sites for hydroxylation is 1. The second-order valence-corrected chi connectivity index (χ2v) is 5.67. The molecular formula is C20H25NO6. The second-order valence-electron chi connectivity index (χ2n) is 5.67. The molecule has 7 heteroatoms. The molecule has 0 aliphatic rings. The third kappa shape index (κ3) is 4.97. The van der Waals surface area contributed by atoms with Crippen molar-refractivity contribution in [3.63, 3.8) is 0 Å². The fourth-order valence-electron chi connectivity index (χ4n) is 2.53. The summed E-state index contributed by atoms with van der Waals surface area (Å²) in [5, 5.41) is 2.80. The van der Waals surface area contributed by atoms with Crippen LogP contribution in [0.3, 0.4) is 0 Å². The molecule has 27 heavy (non-hydrogen) atoms. The van der Waals surface area contributed by atoms with Crippen molar-refractivity contribution in [2.45, 2.75) is 6.92 Å². The Morgan fingerprint density at radius 3 is 2.04 bits per heavy atom. The van der Waals surface area contributed by atoms with Gasteiger partial charge in [0, 0.05) is 5.56 Å². The molecule has 0 aliphatic carbocycles. The normalized spacial score (nSPS) is 10.1. The van der Waals surface area contributed by atoms with Crippen molar-refractivity contribution in [3.8, 4) is 28.7 Å². The number of carbonyl (C=O) groups excluding carboxylic acids is 1. The molecule has 2 aromatic carbocycles.